The van der Waals surface area contributed by atoms with Gasteiger partial charge in [-0.15, -0.1) is 0 Å². The summed E-state index contributed by atoms with van der Waals surface area (Å²) in [7, 11) is 1.58. The maximum absolute atomic E-state index is 13.1. The Morgan fingerprint density at radius 2 is 1.52 bits per heavy atom. The second-order valence-corrected chi connectivity index (χ2v) is 4.43. The molecule has 0 amide bonds. The molecule has 0 aliphatic heterocycles. The number of hydrogen-bond acceptors (Lipinski definition) is 4. The fraction of sp³-hybridized carbons (Fsp3) is 0.133. The third-order valence-electron chi connectivity index (χ3n) is 2.97. The van der Waals surface area contributed by atoms with Crippen molar-refractivity contribution in [2.45, 2.75) is 6.73 Å². The number of ether oxygens (including phenoxy) is 1. The minimum Gasteiger partial charge on any atom is -0.361 e. The summed E-state index contributed by atoms with van der Waals surface area (Å²) in [5, 5.41) is 8.84. The second kappa shape index (κ2) is 5.80. The Morgan fingerprint density at radius 3 is 2.10 bits per heavy atom. The molecule has 2 heterocycles. The van der Waals surface area contributed by atoms with Gasteiger partial charge in [-0.2, -0.15) is 15.0 Å². The topological polar surface area (TPSA) is 52.8 Å². The summed E-state index contributed by atoms with van der Waals surface area (Å²) in [4.78, 5) is 5.47. The van der Waals surface area contributed by atoms with E-state index in [1.54, 1.807) is 31.6 Å². The average molecular weight is 284 g/mol. The summed E-state index contributed by atoms with van der Waals surface area (Å²) < 4.78 is 18.1. The molecule has 21 heavy (non-hydrogen) atoms. The standard InChI is InChI=1S/C15H13FN4O/c1-21-10-20-18-14(11-2-4-13(16)5-3-11)15(19-20)12-6-8-17-9-7-12/h2-9H,10H2,1H3. The van der Waals surface area contributed by atoms with Crippen LogP contribution in [0.15, 0.2) is 48.8 Å². The summed E-state index contributed by atoms with van der Waals surface area (Å²) in [6.45, 7) is 0.249. The zero-order valence-corrected chi connectivity index (χ0v) is 11.4. The van der Waals surface area contributed by atoms with Crippen molar-refractivity contribution in [3.8, 4) is 22.5 Å². The highest BCUT2D eigenvalue weighted by Gasteiger charge is 2.15. The van der Waals surface area contributed by atoms with Gasteiger partial charge in [0.05, 0.1) is 0 Å². The number of benzene rings is 1. The lowest BCUT2D eigenvalue weighted by Crippen LogP contribution is -2.03. The summed E-state index contributed by atoms with van der Waals surface area (Å²) in [6.07, 6.45) is 3.39. The number of nitrogens with zero attached hydrogens (tertiary/aromatic N) is 4. The Kier molecular flexibility index (Phi) is 3.70. The highest BCUT2D eigenvalue weighted by Crippen LogP contribution is 2.28. The summed E-state index contributed by atoms with van der Waals surface area (Å²) in [5.74, 6) is -0.284. The molecule has 0 N–H and O–H groups in total. The smallest absolute Gasteiger partial charge is 0.158 e. The average Bonchev–Trinajstić information content (AvgIpc) is 2.93. The van der Waals surface area contributed by atoms with Crippen molar-refractivity contribution in [2.75, 3.05) is 7.11 Å². The van der Waals surface area contributed by atoms with Crippen LogP contribution in [0.5, 0.6) is 0 Å². The Bertz CT molecular complexity index is 725. The normalized spacial score (nSPS) is 10.8. The van der Waals surface area contributed by atoms with Gasteiger partial charge in [-0.3, -0.25) is 4.98 Å². The third kappa shape index (κ3) is 2.80. The van der Waals surface area contributed by atoms with Gasteiger partial charge in [0.15, 0.2) is 6.73 Å². The van der Waals surface area contributed by atoms with Crippen LogP contribution < -0.4 is 0 Å². The molecule has 0 saturated carbocycles. The van der Waals surface area contributed by atoms with E-state index in [0.717, 1.165) is 11.1 Å². The van der Waals surface area contributed by atoms with E-state index in [-0.39, 0.29) is 12.5 Å². The number of halogens is 1. The molecule has 0 bridgehead atoms. The van der Waals surface area contributed by atoms with Crippen LogP contribution in [0.1, 0.15) is 0 Å². The summed E-state index contributed by atoms with van der Waals surface area (Å²) >= 11 is 0. The van der Waals surface area contributed by atoms with E-state index in [1.165, 1.54) is 16.9 Å². The predicted octanol–water partition coefficient (Wildman–Crippen LogP) is 2.75. The number of methoxy groups -OCH3 is 1. The van der Waals surface area contributed by atoms with Gasteiger partial charge in [0.1, 0.15) is 17.2 Å². The SMILES string of the molecule is COCn1nc(-c2ccncc2)c(-c2ccc(F)cc2)n1. The van der Waals surface area contributed by atoms with E-state index in [4.69, 9.17) is 4.74 Å². The molecule has 0 atom stereocenters. The predicted molar refractivity (Wildman–Crippen MR) is 75.7 cm³/mol. The molecular weight excluding hydrogens is 271 g/mol. The molecule has 0 aliphatic rings. The largest absolute Gasteiger partial charge is 0.361 e. The molecule has 2 aromatic heterocycles. The molecule has 0 aliphatic carbocycles. The quantitative estimate of drug-likeness (QED) is 0.739. The van der Waals surface area contributed by atoms with Crippen molar-refractivity contribution in [1.82, 2.24) is 20.0 Å². The molecule has 0 spiro atoms. The minimum absolute atomic E-state index is 0.249. The van der Waals surface area contributed by atoms with Crippen molar-refractivity contribution in [3.05, 3.63) is 54.6 Å². The first-order chi connectivity index (χ1) is 10.3. The van der Waals surface area contributed by atoms with E-state index in [9.17, 15) is 4.39 Å². The van der Waals surface area contributed by atoms with E-state index in [1.807, 2.05) is 12.1 Å². The molecule has 106 valence electrons. The van der Waals surface area contributed by atoms with Crippen LogP contribution in [-0.4, -0.2) is 27.1 Å². The molecule has 0 saturated heterocycles. The molecule has 3 aromatic rings. The number of pyridine rings is 1. The molecule has 6 heteroatoms. The van der Waals surface area contributed by atoms with E-state index < -0.39 is 0 Å². The molecule has 0 unspecified atom stereocenters. The van der Waals surface area contributed by atoms with E-state index in [0.29, 0.717) is 11.4 Å². The molecule has 5 nitrogen and oxygen atoms in total. The summed E-state index contributed by atoms with van der Waals surface area (Å²) in [5.41, 5.74) is 3.08. The fourth-order valence-corrected chi connectivity index (χ4v) is 2.03. The van der Waals surface area contributed by atoms with Gasteiger partial charge in [0.2, 0.25) is 0 Å². The van der Waals surface area contributed by atoms with Crippen molar-refractivity contribution in [3.63, 3.8) is 0 Å². The molecule has 0 radical (unpaired) electrons. The minimum atomic E-state index is -0.284. The van der Waals surface area contributed by atoms with Crippen molar-refractivity contribution < 1.29 is 9.13 Å². The number of hydrogen-bond donors (Lipinski definition) is 0. The van der Waals surface area contributed by atoms with Crippen molar-refractivity contribution >= 4 is 0 Å². The van der Waals surface area contributed by atoms with Gasteiger partial charge in [0.25, 0.3) is 0 Å². The van der Waals surface area contributed by atoms with E-state index >= 15 is 0 Å². The van der Waals surface area contributed by atoms with Crippen LogP contribution in [0, 0.1) is 5.82 Å². The van der Waals surface area contributed by atoms with Crippen LogP contribution >= 0.6 is 0 Å². The lowest BCUT2D eigenvalue weighted by Gasteiger charge is -2.00. The Morgan fingerprint density at radius 1 is 0.952 bits per heavy atom. The molecular formula is C15H13FN4O. The van der Waals surface area contributed by atoms with E-state index in [2.05, 4.69) is 15.2 Å². The first-order valence-electron chi connectivity index (χ1n) is 6.38. The maximum Gasteiger partial charge on any atom is 0.158 e. The zero-order valence-electron chi connectivity index (χ0n) is 11.4. The lowest BCUT2D eigenvalue weighted by atomic mass is 10.1. The van der Waals surface area contributed by atoms with Crippen LogP contribution in [0.2, 0.25) is 0 Å². The van der Waals surface area contributed by atoms with Crippen LogP contribution in [0.25, 0.3) is 22.5 Å². The van der Waals surface area contributed by atoms with Crippen LogP contribution in [0.3, 0.4) is 0 Å². The highest BCUT2D eigenvalue weighted by molar-refractivity contribution is 5.77. The highest BCUT2D eigenvalue weighted by atomic mass is 19.1. The molecule has 1 aromatic carbocycles. The fourth-order valence-electron chi connectivity index (χ4n) is 2.03. The van der Waals surface area contributed by atoms with Gasteiger partial charge in [-0.25, -0.2) is 4.39 Å². The Labute approximate surface area is 121 Å². The Hall–Kier alpha value is -2.60. The zero-order chi connectivity index (χ0) is 14.7. The van der Waals surface area contributed by atoms with Crippen LogP contribution in [0.4, 0.5) is 4.39 Å². The van der Waals surface area contributed by atoms with Crippen molar-refractivity contribution in [1.29, 1.82) is 0 Å². The molecule has 0 fully saturated rings. The lowest BCUT2D eigenvalue weighted by molar-refractivity contribution is 0.108. The Balaban J connectivity index is 2.11. The van der Waals surface area contributed by atoms with Gasteiger partial charge in [0, 0.05) is 30.6 Å². The van der Waals surface area contributed by atoms with Crippen molar-refractivity contribution in [2.24, 2.45) is 0 Å². The molecule has 3 rings (SSSR count). The van der Waals surface area contributed by atoms with Crippen LogP contribution in [-0.2, 0) is 11.5 Å². The number of rotatable bonds is 4. The number of aromatic nitrogens is 4. The van der Waals surface area contributed by atoms with Gasteiger partial charge >= 0.3 is 0 Å². The summed E-state index contributed by atoms with van der Waals surface area (Å²) in [6, 6.07) is 9.88. The van der Waals surface area contributed by atoms with Gasteiger partial charge in [-0.1, -0.05) is 0 Å². The van der Waals surface area contributed by atoms with Gasteiger partial charge in [-0.05, 0) is 36.4 Å². The second-order valence-electron chi connectivity index (χ2n) is 4.43. The maximum atomic E-state index is 13.1. The van der Waals surface area contributed by atoms with Gasteiger partial charge < -0.3 is 4.74 Å². The monoisotopic (exact) mass is 284 g/mol. The third-order valence-corrected chi connectivity index (χ3v) is 2.97. The first kappa shape index (κ1) is 13.4. The first-order valence-corrected chi connectivity index (χ1v) is 6.38.